The largest absolute Gasteiger partial charge is 0.481 e. The SMILES string of the molecule is CCCCCCCCC1(CCCCCCCC)Oc2cc(Br)sc2-c2sc(Br)cc21.CCCCCCCCC1(CCCCCCCC)Oc2ccsc2-c2sccc21. The number of rotatable bonds is 28. The van der Waals surface area contributed by atoms with Gasteiger partial charge < -0.3 is 9.47 Å². The van der Waals surface area contributed by atoms with Crippen molar-refractivity contribution in [1.29, 1.82) is 0 Å². The Morgan fingerprint density at radius 1 is 0.414 bits per heavy atom. The van der Waals surface area contributed by atoms with Gasteiger partial charge in [-0.3, -0.25) is 0 Å². The molecule has 0 fully saturated rings. The van der Waals surface area contributed by atoms with Crippen molar-refractivity contribution in [1.82, 2.24) is 0 Å². The molecule has 0 radical (unpaired) electrons. The first kappa shape index (κ1) is 48.4. The Labute approximate surface area is 387 Å². The van der Waals surface area contributed by atoms with E-state index in [9.17, 15) is 0 Å². The average molecular weight is 995 g/mol. The van der Waals surface area contributed by atoms with Crippen LogP contribution in [0, 0.1) is 0 Å². The fraction of sp³-hybridized carbons (Fsp3) is 0.680. The maximum absolute atomic E-state index is 6.90. The van der Waals surface area contributed by atoms with Crippen LogP contribution in [-0.4, -0.2) is 0 Å². The standard InChI is InChI=1S/C25H36Br2OS2.C25H38OS2/c1-3-5-7-9-11-13-15-25(16-14-12-10-8-6-4-2)19-17-21(26)29-23(19)24-20(28-25)18-22(27)30-24;1-3-5-7-9-11-13-17-25(18-14-12-10-8-6-4-2)21-15-19-27-23(21)24-22(26-25)16-20-28-24/h17-18H,3-16H2,1-2H3;15-16,19-20H,3-14,17-18H2,1-2H3. The van der Waals surface area contributed by atoms with Gasteiger partial charge in [0.05, 0.1) is 27.1 Å². The molecule has 0 bridgehead atoms. The average Bonchev–Trinajstić information content (AvgIpc) is 4.04. The summed E-state index contributed by atoms with van der Waals surface area (Å²) >= 11 is 14.9. The zero-order valence-corrected chi connectivity index (χ0v) is 42.9. The van der Waals surface area contributed by atoms with E-state index in [1.807, 2.05) is 34.0 Å². The lowest BCUT2D eigenvalue weighted by Gasteiger charge is -2.38. The monoisotopic (exact) mass is 992 g/mol. The second-order valence-electron chi connectivity index (χ2n) is 17.1. The minimum Gasteiger partial charge on any atom is -0.481 e. The number of hydrogen-bond donors (Lipinski definition) is 0. The van der Waals surface area contributed by atoms with Gasteiger partial charge in [0, 0.05) is 17.2 Å². The van der Waals surface area contributed by atoms with Crippen molar-refractivity contribution in [3.05, 3.63) is 53.7 Å². The third-order valence-corrected chi connectivity index (χ3v) is 17.8. The van der Waals surface area contributed by atoms with Crippen LogP contribution in [0.5, 0.6) is 11.5 Å². The summed E-state index contributed by atoms with van der Waals surface area (Å²) in [5.74, 6) is 2.22. The zero-order valence-electron chi connectivity index (χ0n) is 36.5. The van der Waals surface area contributed by atoms with Gasteiger partial charge in [0.1, 0.15) is 22.7 Å². The predicted octanol–water partition coefficient (Wildman–Crippen LogP) is 20.7. The molecule has 324 valence electrons. The molecule has 2 aliphatic heterocycles. The van der Waals surface area contributed by atoms with Gasteiger partial charge in [-0.05, 0) is 112 Å². The molecule has 0 amide bonds. The molecule has 0 aliphatic carbocycles. The Balaban J connectivity index is 0.000000221. The lowest BCUT2D eigenvalue weighted by atomic mass is 9.81. The van der Waals surface area contributed by atoms with Crippen molar-refractivity contribution in [2.75, 3.05) is 0 Å². The number of unbranched alkanes of at least 4 members (excludes halogenated alkanes) is 20. The van der Waals surface area contributed by atoms with Crippen molar-refractivity contribution in [3.8, 4) is 31.0 Å². The minimum absolute atomic E-state index is 0.0844. The highest BCUT2D eigenvalue weighted by molar-refractivity contribution is 9.11. The molecule has 4 aromatic heterocycles. The van der Waals surface area contributed by atoms with E-state index < -0.39 is 0 Å². The van der Waals surface area contributed by atoms with E-state index >= 15 is 0 Å². The Morgan fingerprint density at radius 2 is 0.810 bits per heavy atom. The van der Waals surface area contributed by atoms with Crippen LogP contribution in [0.2, 0.25) is 0 Å². The summed E-state index contributed by atoms with van der Waals surface area (Å²) in [7, 11) is 0. The number of halogens is 2. The van der Waals surface area contributed by atoms with E-state index in [1.165, 1.54) is 201 Å². The Morgan fingerprint density at radius 3 is 1.33 bits per heavy atom. The third kappa shape index (κ3) is 13.7. The Hall–Kier alpha value is -0.640. The molecule has 0 saturated carbocycles. The van der Waals surface area contributed by atoms with E-state index in [4.69, 9.17) is 9.47 Å². The molecule has 58 heavy (non-hydrogen) atoms. The van der Waals surface area contributed by atoms with Crippen molar-refractivity contribution in [2.24, 2.45) is 0 Å². The molecule has 0 aromatic carbocycles. The molecule has 0 saturated heterocycles. The smallest absolute Gasteiger partial charge is 0.141 e. The fourth-order valence-electron chi connectivity index (χ4n) is 9.12. The first-order valence-electron chi connectivity index (χ1n) is 23.5. The van der Waals surface area contributed by atoms with Gasteiger partial charge in [0.15, 0.2) is 0 Å². The first-order valence-corrected chi connectivity index (χ1v) is 28.5. The molecule has 0 unspecified atom stereocenters. The van der Waals surface area contributed by atoms with Gasteiger partial charge in [-0.1, -0.05) is 156 Å². The summed E-state index contributed by atoms with van der Waals surface area (Å²) in [5.41, 5.74) is 2.68. The van der Waals surface area contributed by atoms with Crippen LogP contribution < -0.4 is 9.47 Å². The second kappa shape index (κ2) is 26.1. The highest BCUT2D eigenvalue weighted by atomic mass is 79.9. The molecule has 2 nitrogen and oxygen atoms in total. The lowest BCUT2D eigenvalue weighted by molar-refractivity contribution is 0.0395. The van der Waals surface area contributed by atoms with Crippen molar-refractivity contribution in [3.63, 3.8) is 0 Å². The summed E-state index contributed by atoms with van der Waals surface area (Å²) in [6.45, 7) is 9.17. The van der Waals surface area contributed by atoms with Gasteiger partial charge in [0.25, 0.3) is 0 Å². The first-order chi connectivity index (χ1) is 28.4. The molecule has 4 aromatic rings. The van der Waals surface area contributed by atoms with E-state index in [-0.39, 0.29) is 11.2 Å². The van der Waals surface area contributed by atoms with E-state index in [1.54, 1.807) is 11.3 Å². The molecule has 0 spiro atoms. The molecule has 0 N–H and O–H groups in total. The van der Waals surface area contributed by atoms with Gasteiger partial charge in [-0.25, -0.2) is 0 Å². The summed E-state index contributed by atoms with van der Waals surface area (Å²) in [6, 6.07) is 9.09. The predicted molar refractivity (Wildman–Crippen MR) is 267 cm³/mol. The van der Waals surface area contributed by atoms with Crippen LogP contribution in [-0.2, 0) is 11.2 Å². The molecule has 2 aliphatic rings. The van der Waals surface area contributed by atoms with Gasteiger partial charge >= 0.3 is 0 Å². The van der Waals surface area contributed by atoms with Crippen LogP contribution in [0.1, 0.15) is 219 Å². The number of hydrogen-bond acceptors (Lipinski definition) is 6. The number of thiophene rings is 4. The second-order valence-corrected chi connectivity index (χ2v) is 23.8. The molecule has 6 heterocycles. The zero-order chi connectivity index (χ0) is 41.1. The molecule has 0 atom stereocenters. The highest BCUT2D eigenvalue weighted by Gasteiger charge is 2.43. The third-order valence-electron chi connectivity index (χ3n) is 12.4. The van der Waals surface area contributed by atoms with Gasteiger partial charge in [-0.15, -0.1) is 45.3 Å². The highest BCUT2D eigenvalue weighted by Crippen LogP contribution is 2.57. The fourth-order valence-corrected chi connectivity index (χ4v) is 14.5. The van der Waals surface area contributed by atoms with E-state index in [2.05, 4.69) is 94.6 Å². The minimum atomic E-state index is -0.152. The molecular weight excluding hydrogens is 921 g/mol. The quantitative estimate of drug-likeness (QED) is 0.0528. The number of ether oxygens (including phenoxy) is 2. The summed E-state index contributed by atoms with van der Waals surface area (Å²) in [6.07, 6.45) is 36.8. The lowest BCUT2D eigenvalue weighted by Crippen LogP contribution is -2.35. The molecular formula is C50H74Br2O2S4. The normalized spacial score (nSPS) is 14.4. The van der Waals surface area contributed by atoms with E-state index in [0.717, 1.165) is 28.1 Å². The van der Waals surface area contributed by atoms with Crippen LogP contribution in [0.15, 0.2) is 42.6 Å². The van der Waals surface area contributed by atoms with Crippen molar-refractivity contribution >= 4 is 77.2 Å². The molecule has 6 rings (SSSR count). The van der Waals surface area contributed by atoms with Gasteiger partial charge in [0.2, 0.25) is 0 Å². The Bertz CT molecular complexity index is 1680. The van der Waals surface area contributed by atoms with Crippen LogP contribution >= 0.6 is 77.2 Å². The van der Waals surface area contributed by atoms with Gasteiger partial charge in [-0.2, -0.15) is 0 Å². The van der Waals surface area contributed by atoms with Crippen LogP contribution in [0.25, 0.3) is 19.5 Å². The van der Waals surface area contributed by atoms with Crippen molar-refractivity contribution in [2.45, 2.75) is 219 Å². The summed E-state index contributed by atoms with van der Waals surface area (Å²) < 4.78 is 16.1. The van der Waals surface area contributed by atoms with Crippen molar-refractivity contribution < 1.29 is 9.47 Å². The summed E-state index contributed by atoms with van der Waals surface area (Å²) in [5, 5.41) is 4.47. The number of fused-ring (bicyclic) bond motifs is 6. The van der Waals surface area contributed by atoms with Crippen LogP contribution in [0.3, 0.4) is 0 Å². The maximum Gasteiger partial charge on any atom is 0.141 e. The summed E-state index contributed by atoms with van der Waals surface area (Å²) in [4.78, 5) is 5.56. The molecule has 8 heteroatoms. The van der Waals surface area contributed by atoms with E-state index in [0.29, 0.717) is 0 Å². The topological polar surface area (TPSA) is 18.5 Å². The maximum atomic E-state index is 6.90. The Kier molecular flexibility index (Phi) is 21.8. The van der Waals surface area contributed by atoms with Crippen LogP contribution in [0.4, 0.5) is 0 Å².